The number of benzene rings is 2. The van der Waals surface area contributed by atoms with E-state index in [2.05, 4.69) is 15.9 Å². The second-order valence-electron chi connectivity index (χ2n) is 4.04. The predicted molar refractivity (Wildman–Crippen MR) is 75.6 cm³/mol. The molecule has 0 fully saturated rings. The number of anilines is 2. The average Bonchev–Trinajstić information content (AvgIpc) is 2.38. The molecule has 0 saturated heterocycles. The Kier molecular flexibility index (Phi) is 3.85. The molecule has 1 N–H and O–H groups in total. The summed E-state index contributed by atoms with van der Waals surface area (Å²) in [5, 5.41) is 9.03. The van der Waals surface area contributed by atoms with Crippen LogP contribution in [0.5, 0.6) is 0 Å². The van der Waals surface area contributed by atoms with E-state index in [0.29, 0.717) is 10.2 Å². The standard InChI is InChI=1S/C14H11BrFNO2/c1-17(12-4-2-11(16)3-5-12)13-7-9(14(18)19)6-10(15)8-13/h2-8H,1H3,(H,18,19). The van der Waals surface area contributed by atoms with E-state index in [4.69, 9.17) is 5.11 Å². The number of carbonyl (C=O) groups is 1. The second-order valence-corrected chi connectivity index (χ2v) is 4.95. The van der Waals surface area contributed by atoms with Crippen LogP contribution in [0, 0.1) is 5.82 Å². The van der Waals surface area contributed by atoms with Crippen LogP contribution in [0.2, 0.25) is 0 Å². The Morgan fingerprint density at radius 1 is 1.16 bits per heavy atom. The minimum atomic E-state index is -0.991. The van der Waals surface area contributed by atoms with Crippen molar-refractivity contribution in [3.8, 4) is 0 Å². The van der Waals surface area contributed by atoms with Gasteiger partial charge in [0.05, 0.1) is 5.56 Å². The predicted octanol–water partition coefficient (Wildman–Crippen LogP) is 4.05. The molecular weight excluding hydrogens is 313 g/mol. The highest BCUT2D eigenvalue weighted by Gasteiger charge is 2.10. The van der Waals surface area contributed by atoms with E-state index < -0.39 is 5.97 Å². The largest absolute Gasteiger partial charge is 0.478 e. The lowest BCUT2D eigenvalue weighted by atomic mass is 10.2. The normalized spacial score (nSPS) is 10.3. The lowest BCUT2D eigenvalue weighted by Crippen LogP contribution is -2.10. The van der Waals surface area contributed by atoms with E-state index in [0.717, 1.165) is 5.69 Å². The molecule has 0 aliphatic heterocycles. The van der Waals surface area contributed by atoms with Crippen LogP contribution >= 0.6 is 15.9 Å². The van der Waals surface area contributed by atoms with Crippen LogP contribution in [0.1, 0.15) is 10.4 Å². The third-order valence-corrected chi connectivity index (χ3v) is 3.19. The van der Waals surface area contributed by atoms with Crippen molar-refractivity contribution in [1.29, 1.82) is 0 Å². The van der Waals surface area contributed by atoms with E-state index in [1.807, 2.05) is 0 Å². The smallest absolute Gasteiger partial charge is 0.335 e. The zero-order chi connectivity index (χ0) is 14.0. The first-order chi connectivity index (χ1) is 8.97. The Hall–Kier alpha value is -1.88. The molecule has 19 heavy (non-hydrogen) atoms. The number of rotatable bonds is 3. The maximum absolute atomic E-state index is 12.9. The molecule has 0 heterocycles. The fourth-order valence-electron chi connectivity index (χ4n) is 1.71. The highest BCUT2D eigenvalue weighted by molar-refractivity contribution is 9.10. The van der Waals surface area contributed by atoms with E-state index >= 15 is 0 Å². The van der Waals surface area contributed by atoms with Gasteiger partial charge in [0.2, 0.25) is 0 Å². The van der Waals surface area contributed by atoms with E-state index in [9.17, 15) is 9.18 Å². The number of aromatic carboxylic acids is 1. The Morgan fingerprint density at radius 2 is 1.79 bits per heavy atom. The van der Waals surface area contributed by atoms with Crippen molar-refractivity contribution in [2.75, 3.05) is 11.9 Å². The van der Waals surface area contributed by atoms with Crippen LogP contribution in [0.15, 0.2) is 46.9 Å². The quantitative estimate of drug-likeness (QED) is 0.926. The minimum Gasteiger partial charge on any atom is -0.478 e. The second kappa shape index (κ2) is 5.40. The molecule has 0 saturated carbocycles. The molecule has 0 aliphatic rings. The fourth-order valence-corrected chi connectivity index (χ4v) is 2.19. The van der Waals surface area contributed by atoms with Crippen molar-refractivity contribution in [3.63, 3.8) is 0 Å². The lowest BCUT2D eigenvalue weighted by molar-refractivity contribution is 0.0697. The summed E-state index contributed by atoms with van der Waals surface area (Å²) >= 11 is 3.28. The van der Waals surface area contributed by atoms with Crippen LogP contribution in [0.3, 0.4) is 0 Å². The van der Waals surface area contributed by atoms with Gasteiger partial charge in [-0.1, -0.05) is 15.9 Å². The van der Waals surface area contributed by atoms with Gasteiger partial charge in [0.15, 0.2) is 0 Å². The average molecular weight is 324 g/mol. The molecule has 98 valence electrons. The summed E-state index contributed by atoms with van der Waals surface area (Å²) in [5.41, 5.74) is 1.67. The van der Waals surface area contributed by atoms with Gasteiger partial charge >= 0.3 is 5.97 Å². The molecule has 3 nitrogen and oxygen atoms in total. The summed E-state index contributed by atoms with van der Waals surface area (Å²) in [4.78, 5) is 12.8. The molecule has 0 bridgehead atoms. The first-order valence-corrected chi connectivity index (χ1v) is 6.30. The topological polar surface area (TPSA) is 40.5 Å². The van der Waals surface area contributed by atoms with Crippen LogP contribution in [-0.4, -0.2) is 18.1 Å². The molecule has 0 amide bonds. The molecular formula is C14H11BrFNO2. The van der Waals surface area contributed by atoms with Crippen molar-refractivity contribution in [3.05, 3.63) is 58.3 Å². The first-order valence-electron chi connectivity index (χ1n) is 5.50. The van der Waals surface area contributed by atoms with Gasteiger partial charge in [-0.2, -0.15) is 0 Å². The third-order valence-electron chi connectivity index (χ3n) is 2.73. The fraction of sp³-hybridized carbons (Fsp3) is 0.0714. The van der Waals surface area contributed by atoms with Gasteiger partial charge in [-0.25, -0.2) is 9.18 Å². The molecule has 0 unspecified atom stereocenters. The number of nitrogens with zero attached hydrogens (tertiary/aromatic N) is 1. The van der Waals surface area contributed by atoms with Crippen molar-refractivity contribution in [2.45, 2.75) is 0 Å². The Labute approximate surface area is 118 Å². The molecule has 5 heteroatoms. The lowest BCUT2D eigenvalue weighted by Gasteiger charge is -2.20. The van der Waals surface area contributed by atoms with Gasteiger partial charge in [0.25, 0.3) is 0 Å². The molecule has 0 aliphatic carbocycles. The highest BCUT2D eigenvalue weighted by Crippen LogP contribution is 2.28. The van der Waals surface area contributed by atoms with E-state index in [1.54, 1.807) is 36.2 Å². The summed E-state index contributed by atoms with van der Waals surface area (Å²) in [6.45, 7) is 0. The number of hydrogen-bond acceptors (Lipinski definition) is 2. The van der Waals surface area contributed by atoms with Gasteiger partial charge in [-0.3, -0.25) is 0 Å². The van der Waals surface area contributed by atoms with Crippen LogP contribution in [0.4, 0.5) is 15.8 Å². The zero-order valence-electron chi connectivity index (χ0n) is 10.1. The van der Waals surface area contributed by atoms with Gasteiger partial charge in [0, 0.05) is 22.9 Å². The van der Waals surface area contributed by atoms with Gasteiger partial charge < -0.3 is 10.0 Å². The van der Waals surface area contributed by atoms with Gasteiger partial charge in [0.1, 0.15) is 5.82 Å². The maximum Gasteiger partial charge on any atom is 0.335 e. The summed E-state index contributed by atoms with van der Waals surface area (Å²) < 4.78 is 13.6. The number of carboxylic acids is 1. The maximum atomic E-state index is 12.9. The summed E-state index contributed by atoms with van der Waals surface area (Å²) in [6.07, 6.45) is 0. The monoisotopic (exact) mass is 323 g/mol. The number of halogens is 2. The van der Waals surface area contributed by atoms with Crippen molar-refractivity contribution >= 4 is 33.3 Å². The molecule has 0 radical (unpaired) electrons. The van der Waals surface area contributed by atoms with E-state index in [1.165, 1.54) is 18.2 Å². The number of carboxylic acid groups (broad SMARTS) is 1. The Balaban J connectivity index is 2.40. The SMILES string of the molecule is CN(c1ccc(F)cc1)c1cc(Br)cc(C(=O)O)c1. The molecule has 0 atom stereocenters. The molecule has 2 aromatic rings. The Bertz CT molecular complexity index is 613. The molecule has 2 rings (SSSR count). The molecule has 2 aromatic carbocycles. The molecule has 0 spiro atoms. The third kappa shape index (κ3) is 3.12. The van der Waals surface area contributed by atoms with Gasteiger partial charge in [-0.05, 0) is 42.5 Å². The van der Waals surface area contributed by atoms with Crippen molar-refractivity contribution in [2.24, 2.45) is 0 Å². The highest BCUT2D eigenvalue weighted by atomic mass is 79.9. The van der Waals surface area contributed by atoms with Gasteiger partial charge in [-0.15, -0.1) is 0 Å². The van der Waals surface area contributed by atoms with Crippen LogP contribution < -0.4 is 4.90 Å². The van der Waals surface area contributed by atoms with Crippen LogP contribution in [-0.2, 0) is 0 Å². The van der Waals surface area contributed by atoms with E-state index in [-0.39, 0.29) is 11.4 Å². The first kappa shape index (κ1) is 13.5. The summed E-state index contributed by atoms with van der Waals surface area (Å²) in [7, 11) is 1.79. The number of hydrogen-bond donors (Lipinski definition) is 1. The summed E-state index contributed by atoms with van der Waals surface area (Å²) in [6, 6.07) is 10.9. The minimum absolute atomic E-state index is 0.193. The summed E-state index contributed by atoms with van der Waals surface area (Å²) in [5.74, 6) is -1.30. The van der Waals surface area contributed by atoms with Crippen molar-refractivity contribution < 1.29 is 14.3 Å². The van der Waals surface area contributed by atoms with Crippen LogP contribution in [0.25, 0.3) is 0 Å². The molecule has 0 aromatic heterocycles. The Morgan fingerprint density at radius 3 is 2.37 bits per heavy atom. The van der Waals surface area contributed by atoms with Crippen molar-refractivity contribution in [1.82, 2.24) is 0 Å². The zero-order valence-corrected chi connectivity index (χ0v) is 11.7.